The first-order valence-corrected chi connectivity index (χ1v) is 10.4. The average Bonchev–Trinajstić information content (AvgIpc) is 2.71. The molecule has 4 rings (SSSR count). The highest BCUT2D eigenvalue weighted by atomic mass is 32.2. The molecule has 0 bridgehead atoms. The number of carbonyl (C=O) groups excluding carboxylic acids is 1. The van der Waals surface area contributed by atoms with Gasteiger partial charge >= 0.3 is 0 Å². The monoisotopic (exact) mass is 387 g/mol. The van der Waals surface area contributed by atoms with Gasteiger partial charge in [0.25, 0.3) is 5.91 Å². The van der Waals surface area contributed by atoms with Crippen LogP contribution in [0.15, 0.2) is 53.6 Å². The van der Waals surface area contributed by atoms with Crippen molar-refractivity contribution in [2.75, 3.05) is 26.2 Å². The second kappa shape index (κ2) is 6.94. The third-order valence-corrected chi connectivity index (χ3v) is 6.75. The summed E-state index contributed by atoms with van der Waals surface area (Å²) >= 11 is 0. The van der Waals surface area contributed by atoms with Crippen LogP contribution in [0.1, 0.15) is 23.3 Å². The first kappa shape index (κ1) is 17.9. The number of amides is 1. The molecule has 2 aliphatic heterocycles. The fourth-order valence-electron chi connectivity index (χ4n) is 3.56. The fourth-order valence-corrected chi connectivity index (χ4v) is 4.86. The quantitative estimate of drug-likeness (QED) is 0.804. The molecule has 3 heterocycles. The van der Waals surface area contributed by atoms with E-state index < -0.39 is 10.0 Å². The van der Waals surface area contributed by atoms with Gasteiger partial charge in [-0.05, 0) is 37.1 Å². The number of nitrogens with one attached hydrogen (secondary N) is 1. The Balaban J connectivity index is 1.49. The fraction of sp³-hybridized carbons (Fsp3) is 0.368. The number of hydrogen-bond acceptors (Lipinski definition) is 5. The lowest BCUT2D eigenvalue weighted by atomic mass is 9.79. The van der Waals surface area contributed by atoms with Crippen molar-refractivity contribution in [2.45, 2.75) is 17.7 Å². The maximum absolute atomic E-state index is 12.6. The summed E-state index contributed by atoms with van der Waals surface area (Å²) in [5.41, 5.74) is 0.0959. The van der Waals surface area contributed by atoms with Gasteiger partial charge in [-0.1, -0.05) is 18.2 Å². The van der Waals surface area contributed by atoms with E-state index in [9.17, 15) is 13.2 Å². The van der Waals surface area contributed by atoms with Crippen molar-refractivity contribution in [1.29, 1.82) is 0 Å². The predicted octanol–water partition coefficient (Wildman–Crippen LogP) is 1.67. The number of aromatic nitrogens is 1. The lowest BCUT2D eigenvalue weighted by molar-refractivity contribution is 0.0417. The highest BCUT2D eigenvalue weighted by Gasteiger charge is 2.40. The average molecular weight is 387 g/mol. The second-order valence-electron chi connectivity index (χ2n) is 7.07. The van der Waals surface area contributed by atoms with Crippen LogP contribution in [0.25, 0.3) is 0 Å². The molecule has 27 heavy (non-hydrogen) atoms. The van der Waals surface area contributed by atoms with Crippen LogP contribution in [0.2, 0.25) is 0 Å². The van der Waals surface area contributed by atoms with E-state index in [0.717, 1.165) is 0 Å². The molecule has 8 heteroatoms. The second-order valence-corrected chi connectivity index (χ2v) is 8.80. The van der Waals surface area contributed by atoms with Crippen LogP contribution >= 0.6 is 0 Å². The largest absolute Gasteiger partial charge is 0.492 e. The molecule has 7 nitrogen and oxygen atoms in total. The summed E-state index contributed by atoms with van der Waals surface area (Å²) in [6.45, 7) is 1.80. The Labute approximate surface area is 158 Å². The van der Waals surface area contributed by atoms with Crippen LogP contribution in [0.3, 0.4) is 0 Å². The maximum atomic E-state index is 12.6. The van der Waals surface area contributed by atoms with Crippen LogP contribution in [0.4, 0.5) is 0 Å². The van der Waals surface area contributed by atoms with Crippen molar-refractivity contribution in [3.63, 3.8) is 0 Å². The molecule has 0 aliphatic carbocycles. The minimum Gasteiger partial charge on any atom is -0.492 e. The Kier molecular flexibility index (Phi) is 4.61. The molecule has 0 unspecified atom stereocenters. The molecule has 0 radical (unpaired) electrons. The molecule has 142 valence electrons. The third kappa shape index (κ3) is 3.54. The van der Waals surface area contributed by atoms with E-state index in [1.807, 2.05) is 0 Å². The van der Waals surface area contributed by atoms with E-state index in [1.165, 1.54) is 0 Å². The number of ether oxygens (including phenoxy) is 1. The van der Waals surface area contributed by atoms with E-state index in [0.29, 0.717) is 50.5 Å². The van der Waals surface area contributed by atoms with E-state index in [1.54, 1.807) is 53.6 Å². The molecule has 0 saturated carbocycles. The number of fused-ring (bicyclic) bond motifs is 1. The Morgan fingerprint density at radius 2 is 1.85 bits per heavy atom. The SMILES string of the molecule is O=C(c1ccccn1)N1CCC2(CC1)CNS(=O)(=O)c1ccccc1OC2. The zero-order valence-corrected chi connectivity index (χ0v) is 15.6. The highest BCUT2D eigenvalue weighted by molar-refractivity contribution is 7.89. The zero-order valence-electron chi connectivity index (χ0n) is 14.8. The Bertz CT molecular complexity index is 938. The number of para-hydroxylation sites is 1. The van der Waals surface area contributed by atoms with Crippen LogP contribution < -0.4 is 9.46 Å². The molecule has 1 N–H and O–H groups in total. The topological polar surface area (TPSA) is 88.6 Å². The Morgan fingerprint density at radius 1 is 1.11 bits per heavy atom. The maximum Gasteiger partial charge on any atom is 0.272 e. The zero-order chi connectivity index (χ0) is 18.9. The molecular weight excluding hydrogens is 366 g/mol. The summed E-state index contributed by atoms with van der Waals surface area (Å²) in [7, 11) is -3.62. The van der Waals surface area contributed by atoms with E-state index in [4.69, 9.17) is 4.74 Å². The number of likely N-dealkylation sites (tertiary alicyclic amines) is 1. The van der Waals surface area contributed by atoms with Crippen molar-refractivity contribution in [1.82, 2.24) is 14.6 Å². The smallest absolute Gasteiger partial charge is 0.272 e. The number of nitrogens with zero attached hydrogens (tertiary/aromatic N) is 2. The van der Waals surface area contributed by atoms with Gasteiger partial charge in [0.2, 0.25) is 10.0 Å². The minimum atomic E-state index is -3.62. The molecule has 2 aromatic rings. The Morgan fingerprint density at radius 3 is 2.59 bits per heavy atom. The van der Waals surface area contributed by atoms with Gasteiger partial charge in [0, 0.05) is 31.2 Å². The molecular formula is C19H21N3O4S. The lowest BCUT2D eigenvalue weighted by Crippen LogP contribution is -2.51. The molecule has 1 aromatic heterocycles. The summed E-state index contributed by atoms with van der Waals surface area (Å²) in [5, 5.41) is 0. The first-order chi connectivity index (χ1) is 13.0. The highest BCUT2D eigenvalue weighted by Crippen LogP contribution is 2.36. The summed E-state index contributed by atoms with van der Waals surface area (Å²) in [4.78, 5) is 18.6. The molecule has 0 atom stereocenters. The van der Waals surface area contributed by atoms with Gasteiger partial charge < -0.3 is 9.64 Å². The van der Waals surface area contributed by atoms with Gasteiger partial charge in [0.15, 0.2) is 0 Å². The van der Waals surface area contributed by atoms with Crippen LogP contribution in [-0.2, 0) is 10.0 Å². The van der Waals surface area contributed by atoms with Gasteiger partial charge in [0.05, 0.1) is 6.61 Å². The molecule has 1 saturated heterocycles. The molecule has 1 fully saturated rings. The van der Waals surface area contributed by atoms with Crippen molar-refractivity contribution in [2.24, 2.45) is 5.41 Å². The van der Waals surface area contributed by atoms with Crippen molar-refractivity contribution in [3.8, 4) is 5.75 Å². The van der Waals surface area contributed by atoms with Gasteiger partial charge in [-0.25, -0.2) is 13.1 Å². The van der Waals surface area contributed by atoms with Gasteiger partial charge in [-0.2, -0.15) is 0 Å². The minimum absolute atomic E-state index is 0.0943. The number of pyridine rings is 1. The molecule has 2 aliphatic rings. The normalized spacial score (nSPS) is 20.8. The molecule has 1 aromatic carbocycles. The van der Waals surface area contributed by atoms with Gasteiger partial charge in [-0.3, -0.25) is 9.78 Å². The number of hydrogen-bond donors (Lipinski definition) is 1. The van der Waals surface area contributed by atoms with Gasteiger partial charge in [0.1, 0.15) is 16.3 Å². The number of sulfonamides is 1. The summed E-state index contributed by atoms with van der Waals surface area (Å²) in [5.74, 6) is 0.277. The van der Waals surface area contributed by atoms with Crippen LogP contribution in [0, 0.1) is 5.41 Å². The standard InChI is InChI=1S/C19H21N3O4S/c23-18(15-5-3-4-10-20-15)22-11-8-19(9-12-22)13-21-27(24,25)17-7-2-1-6-16(17)26-14-19/h1-7,10,21H,8-9,11-14H2. The lowest BCUT2D eigenvalue weighted by Gasteiger charge is -2.42. The molecule has 1 amide bonds. The number of benzene rings is 1. The van der Waals surface area contributed by atoms with Crippen molar-refractivity contribution in [3.05, 3.63) is 54.4 Å². The van der Waals surface area contributed by atoms with E-state index >= 15 is 0 Å². The molecule has 1 spiro atoms. The summed E-state index contributed by atoms with van der Waals surface area (Å²) < 4.78 is 33.8. The van der Waals surface area contributed by atoms with Crippen molar-refractivity contribution >= 4 is 15.9 Å². The first-order valence-electron chi connectivity index (χ1n) is 8.91. The van der Waals surface area contributed by atoms with Gasteiger partial charge in [-0.15, -0.1) is 0 Å². The van der Waals surface area contributed by atoms with E-state index in [2.05, 4.69) is 9.71 Å². The predicted molar refractivity (Wildman–Crippen MR) is 98.9 cm³/mol. The van der Waals surface area contributed by atoms with Crippen LogP contribution in [0.5, 0.6) is 5.75 Å². The number of piperidine rings is 1. The number of carbonyl (C=O) groups is 1. The summed E-state index contributed by atoms with van der Waals surface area (Å²) in [6.07, 6.45) is 2.93. The Hall–Kier alpha value is -2.45. The van der Waals surface area contributed by atoms with Crippen molar-refractivity contribution < 1.29 is 17.9 Å². The van der Waals surface area contributed by atoms with Crippen LogP contribution in [-0.4, -0.2) is 50.5 Å². The number of rotatable bonds is 1. The van der Waals surface area contributed by atoms with E-state index in [-0.39, 0.29) is 16.2 Å². The summed E-state index contributed by atoms with van der Waals surface area (Å²) in [6, 6.07) is 11.9. The third-order valence-electron chi connectivity index (χ3n) is 5.31.